The van der Waals surface area contributed by atoms with Crippen molar-refractivity contribution in [2.45, 2.75) is 25.8 Å². The lowest BCUT2D eigenvalue weighted by molar-refractivity contribution is -0.146. The number of methoxy groups -OCH3 is 1. The van der Waals surface area contributed by atoms with Crippen molar-refractivity contribution in [2.24, 2.45) is 0 Å². The zero-order valence-corrected chi connectivity index (χ0v) is 18.9. The molecule has 2 aromatic carbocycles. The van der Waals surface area contributed by atoms with Crippen LogP contribution >= 0.6 is 12.2 Å². The molecule has 32 heavy (non-hydrogen) atoms. The average molecular weight is 458 g/mol. The number of amides is 2. The first-order valence-corrected chi connectivity index (χ1v) is 10.5. The summed E-state index contributed by atoms with van der Waals surface area (Å²) >= 11 is 5.18. The van der Waals surface area contributed by atoms with E-state index in [9.17, 15) is 14.4 Å². The molecule has 0 aromatic heterocycles. The highest BCUT2D eigenvalue weighted by Gasteiger charge is 2.16. The van der Waals surface area contributed by atoms with Crippen molar-refractivity contribution < 1.29 is 23.9 Å². The molecule has 0 unspecified atom stereocenters. The van der Waals surface area contributed by atoms with Gasteiger partial charge in [0.2, 0.25) is 5.91 Å². The van der Waals surface area contributed by atoms with Crippen molar-refractivity contribution in [2.75, 3.05) is 25.6 Å². The second-order valence-electron chi connectivity index (χ2n) is 6.87. The van der Waals surface area contributed by atoms with Gasteiger partial charge in [0.1, 0.15) is 6.61 Å². The predicted molar refractivity (Wildman–Crippen MR) is 125 cm³/mol. The van der Waals surface area contributed by atoms with E-state index in [0.717, 1.165) is 5.56 Å². The van der Waals surface area contributed by atoms with E-state index in [1.165, 1.54) is 7.11 Å². The number of hydrogen-bond acceptors (Lipinski definition) is 6. The van der Waals surface area contributed by atoms with Gasteiger partial charge in [0.25, 0.3) is 5.91 Å². The Morgan fingerprint density at radius 1 is 0.969 bits per heavy atom. The molecule has 0 radical (unpaired) electrons. The minimum absolute atomic E-state index is 0.0270. The summed E-state index contributed by atoms with van der Waals surface area (Å²) in [5.74, 6) is -1.21. The summed E-state index contributed by atoms with van der Waals surface area (Å²) in [6.45, 7) is 2.33. The lowest BCUT2D eigenvalue weighted by atomic mass is 10.1. The molecule has 1 atom stereocenters. The molecule has 0 aliphatic carbocycles. The summed E-state index contributed by atoms with van der Waals surface area (Å²) in [6, 6.07) is 16.3. The number of esters is 1. The first kappa shape index (κ1) is 25.0. The summed E-state index contributed by atoms with van der Waals surface area (Å²) in [4.78, 5) is 36.4. The van der Waals surface area contributed by atoms with Crippen LogP contribution in [0.4, 0.5) is 5.69 Å². The molecular weight excluding hydrogens is 430 g/mol. The van der Waals surface area contributed by atoms with Crippen molar-refractivity contribution in [1.29, 1.82) is 0 Å². The van der Waals surface area contributed by atoms with E-state index in [0.29, 0.717) is 17.9 Å². The molecule has 170 valence electrons. The average Bonchev–Trinajstić information content (AvgIpc) is 2.78. The fraction of sp³-hybridized carbons (Fsp3) is 0.304. The summed E-state index contributed by atoms with van der Waals surface area (Å²) in [5.41, 5.74) is 1.82. The van der Waals surface area contributed by atoms with Crippen LogP contribution in [-0.4, -0.2) is 43.2 Å². The molecule has 0 aliphatic heterocycles. The molecule has 0 bridgehead atoms. The number of ether oxygens (including phenoxy) is 2. The highest BCUT2D eigenvalue weighted by molar-refractivity contribution is 7.80. The van der Waals surface area contributed by atoms with Crippen LogP contribution in [0.15, 0.2) is 54.6 Å². The van der Waals surface area contributed by atoms with Crippen molar-refractivity contribution >= 4 is 40.8 Å². The Morgan fingerprint density at radius 2 is 1.66 bits per heavy atom. The molecule has 8 nitrogen and oxygen atoms in total. The predicted octanol–water partition coefficient (Wildman–Crippen LogP) is 2.96. The zero-order chi connectivity index (χ0) is 23.3. The second kappa shape index (κ2) is 13.2. The molecule has 0 saturated heterocycles. The van der Waals surface area contributed by atoms with Crippen LogP contribution < -0.4 is 16.0 Å². The van der Waals surface area contributed by atoms with E-state index >= 15 is 0 Å². The number of rotatable bonds is 10. The number of carbonyl (C=O) groups is 3. The lowest BCUT2D eigenvalue weighted by Crippen LogP contribution is -2.35. The highest BCUT2D eigenvalue weighted by atomic mass is 32.1. The Bertz CT molecular complexity index is 936. The van der Waals surface area contributed by atoms with E-state index in [-0.39, 0.29) is 36.5 Å². The van der Waals surface area contributed by atoms with E-state index in [2.05, 4.69) is 16.0 Å². The van der Waals surface area contributed by atoms with Gasteiger partial charge in [0, 0.05) is 13.5 Å². The van der Waals surface area contributed by atoms with Gasteiger partial charge in [-0.1, -0.05) is 42.5 Å². The summed E-state index contributed by atoms with van der Waals surface area (Å²) in [6.07, 6.45) is -0.154. The maximum absolute atomic E-state index is 12.8. The maximum atomic E-state index is 12.8. The zero-order valence-electron chi connectivity index (χ0n) is 18.1. The van der Waals surface area contributed by atoms with E-state index in [4.69, 9.17) is 21.7 Å². The third-order valence-corrected chi connectivity index (χ3v) is 4.63. The number of anilines is 1. The minimum Gasteiger partial charge on any atom is -0.463 e. The normalized spacial score (nSPS) is 11.2. The lowest BCUT2D eigenvalue weighted by Gasteiger charge is -2.17. The monoisotopic (exact) mass is 457 g/mol. The first-order chi connectivity index (χ1) is 15.4. The fourth-order valence-electron chi connectivity index (χ4n) is 2.76. The molecule has 2 rings (SSSR count). The first-order valence-electron chi connectivity index (χ1n) is 10.1. The third-order valence-electron chi connectivity index (χ3n) is 4.43. The van der Waals surface area contributed by atoms with Crippen LogP contribution in [0.2, 0.25) is 0 Å². The van der Waals surface area contributed by atoms with Crippen molar-refractivity contribution in [3.05, 3.63) is 65.7 Å². The number of benzene rings is 2. The van der Waals surface area contributed by atoms with Gasteiger partial charge in [0.05, 0.1) is 30.3 Å². The summed E-state index contributed by atoms with van der Waals surface area (Å²) in [5, 5.41) is 8.35. The number of carbonyl (C=O) groups excluding carboxylic acids is 3. The number of nitrogens with one attached hydrogen (secondary N) is 3. The summed E-state index contributed by atoms with van der Waals surface area (Å²) < 4.78 is 9.69. The number of hydrogen-bond donors (Lipinski definition) is 3. The number of para-hydroxylation sites is 1. The largest absolute Gasteiger partial charge is 0.463 e. The van der Waals surface area contributed by atoms with Gasteiger partial charge in [0.15, 0.2) is 5.11 Å². The molecule has 0 aliphatic rings. The molecule has 9 heteroatoms. The Morgan fingerprint density at radius 3 is 2.38 bits per heavy atom. The van der Waals surface area contributed by atoms with E-state index in [1.807, 2.05) is 37.3 Å². The van der Waals surface area contributed by atoms with Crippen LogP contribution in [0.1, 0.15) is 41.7 Å². The topological polar surface area (TPSA) is 106 Å². The Labute approximate surface area is 192 Å². The van der Waals surface area contributed by atoms with Gasteiger partial charge in [-0.2, -0.15) is 0 Å². The van der Waals surface area contributed by atoms with E-state index in [1.54, 1.807) is 24.3 Å². The van der Waals surface area contributed by atoms with Crippen molar-refractivity contribution in [3.63, 3.8) is 0 Å². The SMILES string of the molecule is COCCOC(=O)CCC(=O)NC(=S)Nc1ccccc1C(=O)N[C@H](C)c1ccccc1. The molecule has 0 fully saturated rings. The molecule has 0 saturated carbocycles. The number of thiocarbonyl (C=S) groups is 1. The molecule has 3 N–H and O–H groups in total. The van der Waals surface area contributed by atoms with Crippen molar-refractivity contribution in [3.8, 4) is 0 Å². The van der Waals surface area contributed by atoms with Crippen molar-refractivity contribution in [1.82, 2.24) is 10.6 Å². The third kappa shape index (κ3) is 8.44. The van der Waals surface area contributed by atoms with Gasteiger partial charge < -0.3 is 25.4 Å². The molecule has 0 heterocycles. The highest BCUT2D eigenvalue weighted by Crippen LogP contribution is 2.18. The quantitative estimate of drug-likeness (QED) is 0.286. The Kier molecular flexibility index (Phi) is 10.3. The fourth-order valence-corrected chi connectivity index (χ4v) is 2.98. The van der Waals surface area contributed by atoms with Gasteiger partial charge in [-0.25, -0.2) is 0 Å². The molecule has 0 spiro atoms. The van der Waals surface area contributed by atoms with Crippen LogP contribution in [-0.2, 0) is 19.1 Å². The Hall–Kier alpha value is -3.30. The second-order valence-corrected chi connectivity index (χ2v) is 7.28. The van der Waals surface area contributed by atoms with Crippen LogP contribution in [0, 0.1) is 0 Å². The van der Waals surface area contributed by atoms with E-state index < -0.39 is 11.9 Å². The van der Waals surface area contributed by atoms with Gasteiger partial charge in [-0.05, 0) is 36.8 Å². The minimum atomic E-state index is -0.495. The maximum Gasteiger partial charge on any atom is 0.306 e. The van der Waals surface area contributed by atoms with Gasteiger partial charge in [-0.15, -0.1) is 0 Å². The standard InChI is InChI=1S/C23H27N3O5S/c1-16(17-8-4-3-5-9-17)24-22(29)18-10-6-7-11-19(18)25-23(32)26-20(27)12-13-21(28)31-15-14-30-2/h3-11,16H,12-15H2,1-2H3,(H,24,29)(H2,25,26,27,32)/t16-/m1/s1. The van der Waals surface area contributed by atoms with Gasteiger partial charge in [-0.3, -0.25) is 14.4 Å². The van der Waals surface area contributed by atoms with Crippen LogP contribution in [0.5, 0.6) is 0 Å². The van der Waals surface area contributed by atoms with Gasteiger partial charge >= 0.3 is 5.97 Å². The summed E-state index contributed by atoms with van der Waals surface area (Å²) in [7, 11) is 1.50. The van der Waals surface area contributed by atoms with Crippen LogP contribution in [0.3, 0.4) is 0 Å². The molecule has 2 amide bonds. The Balaban J connectivity index is 1.89. The van der Waals surface area contributed by atoms with Crippen LogP contribution in [0.25, 0.3) is 0 Å². The smallest absolute Gasteiger partial charge is 0.306 e. The molecular formula is C23H27N3O5S. The molecule has 2 aromatic rings.